The molecule has 0 aliphatic heterocycles. The number of hydrogen-bond acceptors (Lipinski definition) is 2. The molecule has 0 saturated carbocycles. The molecule has 0 aromatic rings. The normalized spacial score (nSPS) is 18.6. The topological polar surface area (TPSA) is 40.5 Å². The van der Waals surface area contributed by atoms with Crippen LogP contribution < -0.4 is 0 Å². The molecule has 0 amide bonds. The number of rotatable bonds is 2. The fraction of sp³-hybridized carbons (Fsp3) is 1.00. The van der Waals surface area contributed by atoms with E-state index in [-0.39, 0.29) is 0 Å². The van der Waals surface area contributed by atoms with Gasteiger partial charge in [-0.3, -0.25) is 0 Å². The minimum atomic E-state index is -4.80. The van der Waals surface area contributed by atoms with Crippen molar-refractivity contribution in [2.75, 3.05) is 5.88 Å². The van der Waals surface area contributed by atoms with Crippen molar-refractivity contribution >= 4 is 11.6 Å². The van der Waals surface area contributed by atoms with Crippen molar-refractivity contribution in [3.63, 3.8) is 0 Å². The van der Waals surface area contributed by atoms with Gasteiger partial charge in [-0.1, -0.05) is 0 Å². The van der Waals surface area contributed by atoms with E-state index >= 15 is 0 Å². The minimum Gasteiger partial charge on any atom is -0.389 e. The van der Waals surface area contributed by atoms with Gasteiger partial charge >= 0.3 is 6.18 Å². The number of aliphatic hydroxyl groups excluding tert-OH is 2. The van der Waals surface area contributed by atoms with Crippen LogP contribution in [-0.4, -0.2) is 34.5 Å². The standard InChI is InChI=1S/C4H6ClF3O2/c5-1-2(9)3(10)4(6,7)8/h2-3,9-10H,1H2. The molecule has 0 heterocycles. The lowest BCUT2D eigenvalue weighted by Crippen LogP contribution is -2.40. The van der Waals surface area contributed by atoms with Crippen molar-refractivity contribution in [1.29, 1.82) is 0 Å². The number of aliphatic hydroxyl groups is 2. The van der Waals surface area contributed by atoms with E-state index < -0.39 is 24.3 Å². The highest BCUT2D eigenvalue weighted by atomic mass is 35.5. The van der Waals surface area contributed by atoms with Crippen LogP contribution >= 0.6 is 11.6 Å². The zero-order valence-electron chi connectivity index (χ0n) is 4.77. The Morgan fingerprint density at radius 1 is 1.30 bits per heavy atom. The van der Waals surface area contributed by atoms with Crippen molar-refractivity contribution in [2.24, 2.45) is 0 Å². The lowest BCUT2D eigenvalue weighted by Gasteiger charge is -2.17. The van der Waals surface area contributed by atoms with Crippen molar-refractivity contribution in [1.82, 2.24) is 0 Å². The van der Waals surface area contributed by atoms with Crippen LogP contribution in [0.4, 0.5) is 13.2 Å². The van der Waals surface area contributed by atoms with Gasteiger partial charge in [-0.25, -0.2) is 0 Å². The molecule has 6 heteroatoms. The van der Waals surface area contributed by atoms with Gasteiger partial charge in [0.1, 0.15) is 6.10 Å². The highest BCUT2D eigenvalue weighted by Gasteiger charge is 2.42. The van der Waals surface area contributed by atoms with Gasteiger partial charge in [0.15, 0.2) is 6.10 Å². The monoisotopic (exact) mass is 178 g/mol. The fourth-order valence-corrected chi connectivity index (χ4v) is 0.471. The summed E-state index contributed by atoms with van der Waals surface area (Å²) in [6.07, 6.45) is -9.49. The smallest absolute Gasteiger partial charge is 0.389 e. The lowest BCUT2D eigenvalue weighted by atomic mass is 10.2. The first-order valence-electron chi connectivity index (χ1n) is 2.38. The molecule has 10 heavy (non-hydrogen) atoms. The summed E-state index contributed by atoms with van der Waals surface area (Å²) in [5.41, 5.74) is 0. The molecule has 0 radical (unpaired) electrons. The second-order valence-corrected chi connectivity index (χ2v) is 2.02. The Balaban J connectivity index is 3.94. The predicted octanol–water partition coefficient (Wildman–Crippen LogP) is 0.509. The Kier molecular flexibility index (Phi) is 3.41. The third kappa shape index (κ3) is 2.72. The maximum atomic E-state index is 11.4. The lowest BCUT2D eigenvalue weighted by molar-refractivity contribution is -0.226. The molecule has 2 atom stereocenters. The highest BCUT2D eigenvalue weighted by molar-refractivity contribution is 6.18. The Hall–Kier alpha value is -0.0000000000000000555. The van der Waals surface area contributed by atoms with Crippen molar-refractivity contribution in [3.8, 4) is 0 Å². The van der Waals surface area contributed by atoms with Gasteiger partial charge in [-0.2, -0.15) is 13.2 Å². The molecule has 0 aromatic carbocycles. The first-order chi connectivity index (χ1) is 4.39. The van der Waals surface area contributed by atoms with Crippen molar-refractivity contribution in [3.05, 3.63) is 0 Å². The highest BCUT2D eigenvalue weighted by Crippen LogP contribution is 2.22. The molecule has 0 fully saturated rings. The molecule has 2 unspecified atom stereocenters. The number of alkyl halides is 4. The Bertz CT molecular complexity index is 105. The summed E-state index contributed by atoms with van der Waals surface area (Å²) < 4.78 is 34.3. The molecule has 62 valence electrons. The Labute approximate surface area is 60.2 Å². The quantitative estimate of drug-likeness (QED) is 0.605. The van der Waals surface area contributed by atoms with Gasteiger partial charge in [0.2, 0.25) is 0 Å². The molecule has 2 N–H and O–H groups in total. The van der Waals surface area contributed by atoms with Crippen LogP contribution in [0.3, 0.4) is 0 Å². The van der Waals surface area contributed by atoms with Crippen LogP contribution in [0.15, 0.2) is 0 Å². The van der Waals surface area contributed by atoms with Gasteiger partial charge in [0.25, 0.3) is 0 Å². The van der Waals surface area contributed by atoms with Crippen LogP contribution in [0.1, 0.15) is 0 Å². The van der Waals surface area contributed by atoms with Gasteiger partial charge < -0.3 is 10.2 Å². The summed E-state index contributed by atoms with van der Waals surface area (Å²) >= 11 is 4.84. The SMILES string of the molecule is OC(CCl)C(O)C(F)(F)F. The zero-order valence-corrected chi connectivity index (χ0v) is 5.52. The Morgan fingerprint density at radius 3 is 1.80 bits per heavy atom. The number of hydrogen-bond donors (Lipinski definition) is 2. The van der Waals surface area contributed by atoms with E-state index in [1.165, 1.54) is 0 Å². The van der Waals surface area contributed by atoms with E-state index in [0.29, 0.717) is 0 Å². The zero-order chi connectivity index (χ0) is 8.36. The average Bonchev–Trinajstić information content (AvgIpc) is 1.83. The van der Waals surface area contributed by atoms with E-state index in [1.807, 2.05) is 0 Å². The molecule has 0 aliphatic rings. The van der Waals surface area contributed by atoms with E-state index in [9.17, 15) is 13.2 Å². The van der Waals surface area contributed by atoms with E-state index in [4.69, 9.17) is 21.8 Å². The summed E-state index contributed by atoms with van der Waals surface area (Å²) in [6.45, 7) is 0. The molecule has 0 aliphatic carbocycles. The second kappa shape index (κ2) is 3.41. The van der Waals surface area contributed by atoms with E-state index in [0.717, 1.165) is 0 Å². The molecule has 0 aromatic heterocycles. The minimum absolute atomic E-state index is 0.638. The fourth-order valence-electron chi connectivity index (χ4n) is 0.303. The van der Waals surface area contributed by atoms with Gasteiger partial charge in [0, 0.05) is 0 Å². The molecular weight excluding hydrogens is 172 g/mol. The van der Waals surface area contributed by atoms with E-state index in [2.05, 4.69) is 0 Å². The summed E-state index contributed by atoms with van der Waals surface area (Å²) in [4.78, 5) is 0. The van der Waals surface area contributed by atoms with Crippen molar-refractivity contribution in [2.45, 2.75) is 18.4 Å². The predicted molar refractivity (Wildman–Crippen MR) is 28.8 cm³/mol. The average molecular weight is 179 g/mol. The van der Waals surface area contributed by atoms with Crippen LogP contribution in [0.25, 0.3) is 0 Å². The number of halogens is 4. The van der Waals surface area contributed by atoms with Crippen molar-refractivity contribution < 1.29 is 23.4 Å². The maximum Gasteiger partial charge on any atom is 0.416 e. The molecule has 0 rings (SSSR count). The van der Waals surface area contributed by atoms with Crippen LogP contribution in [0.2, 0.25) is 0 Å². The maximum absolute atomic E-state index is 11.4. The van der Waals surface area contributed by atoms with Crippen LogP contribution in [0.5, 0.6) is 0 Å². The summed E-state index contributed by atoms with van der Waals surface area (Å²) in [6, 6.07) is 0. The molecule has 0 bridgehead atoms. The first-order valence-corrected chi connectivity index (χ1v) is 2.92. The molecular formula is C4H6ClF3O2. The molecule has 2 nitrogen and oxygen atoms in total. The summed E-state index contributed by atoms with van der Waals surface area (Å²) in [7, 11) is 0. The largest absolute Gasteiger partial charge is 0.416 e. The second-order valence-electron chi connectivity index (χ2n) is 1.71. The molecule has 0 spiro atoms. The first kappa shape index (κ1) is 10.0. The van der Waals surface area contributed by atoms with Gasteiger partial charge in [0.05, 0.1) is 5.88 Å². The summed E-state index contributed by atoms with van der Waals surface area (Å²) in [5.74, 6) is -0.638. The third-order valence-electron chi connectivity index (χ3n) is 0.858. The van der Waals surface area contributed by atoms with Crippen LogP contribution in [-0.2, 0) is 0 Å². The van der Waals surface area contributed by atoms with E-state index in [1.54, 1.807) is 0 Å². The van der Waals surface area contributed by atoms with Gasteiger partial charge in [-0.05, 0) is 0 Å². The van der Waals surface area contributed by atoms with Gasteiger partial charge in [-0.15, -0.1) is 11.6 Å². The molecule has 0 saturated heterocycles. The van der Waals surface area contributed by atoms with Crippen LogP contribution in [0, 0.1) is 0 Å². The Morgan fingerprint density at radius 2 is 1.70 bits per heavy atom. The third-order valence-corrected chi connectivity index (χ3v) is 1.17. The summed E-state index contributed by atoms with van der Waals surface area (Å²) in [5, 5.41) is 16.6.